The van der Waals surface area contributed by atoms with Crippen LogP contribution in [0.25, 0.3) is 0 Å². The Bertz CT molecular complexity index is 215. The Morgan fingerprint density at radius 3 is 2.56 bits per heavy atom. The van der Waals surface area contributed by atoms with Gasteiger partial charge in [0.1, 0.15) is 0 Å². The number of amides is 1. The molecule has 5 heteroatoms. The molecule has 0 bridgehead atoms. The summed E-state index contributed by atoms with van der Waals surface area (Å²) in [5.41, 5.74) is -0.879. The van der Waals surface area contributed by atoms with E-state index in [9.17, 15) is 15.0 Å². The van der Waals surface area contributed by atoms with E-state index in [-0.39, 0.29) is 25.2 Å². The van der Waals surface area contributed by atoms with Crippen LogP contribution in [0.4, 0.5) is 0 Å². The number of aliphatic hydroxyl groups is 2. The second-order valence-electron chi connectivity index (χ2n) is 4.44. The number of rotatable bonds is 5. The normalized spacial score (nSPS) is 21.8. The Hall–Kier alpha value is -0.650. The van der Waals surface area contributed by atoms with Gasteiger partial charge in [0.25, 0.3) is 0 Å². The van der Waals surface area contributed by atoms with E-state index in [2.05, 4.69) is 10.6 Å². The number of carbonyl (C=O) groups excluding carboxylic acids is 1. The summed E-state index contributed by atoms with van der Waals surface area (Å²) in [6.07, 6.45) is 3.48. The molecule has 1 saturated heterocycles. The number of hydrogen-bond donors (Lipinski definition) is 4. The fraction of sp³-hybridized carbons (Fsp3) is 0.909. The summed E-state index contributed by atoms with van der Waals surface area (Å²) < 4.78 is 0. The van der Waals surface area contributed by atoms with E-state index in [0.29, 0.717) is 6.42 Å². The highest BCUT2D eigenvalue weighted by atomic mass is 16.3. The van der Waals surface area contributed by atoms with E-state index in [0.717, 1.165) is 25.8 Å². The summed E-state index contributed by atoms with van der Waals surface area (Å²) in [5.74, 6) is -0.121. The van der Waals surface area contributed by atoms with E-state index in [1.54, 1.807) is 0 Å². The average molecular weight is 230 g/mol. The van der Waals surface area contributed by atoms with Crippen molar-refractivity contribution in [2.75, 3.05) is 19.8 Å². The van der Waals surface area contributed by atoms with Crippen LogP contribution in [0.15, 0.2) is 0 Å². The van der Waals surface area contributed by atoms with Gasteiger partial charge in [-0.1, -0.05) is 13.3 Å². The van der Waals surface area contributed by atoms with E-state index in [1.807, 2.05) is 6.92 Å². The van der Waals surface area contributed by atoms with Gasteiger partial charge in [-0.2, -0.15) is 0 Å². The van der Waals surface area contributed by atoms with Crippen molar-refractivity contribution in [3.63, 3.8) is 0 Å². The molecule has 0 aromatic rings. The van der Waals surface area contributed by atoms with Gasteiger partial charge in [0.2, 0.25) is 5.91 Å². The van der Waals surface area contributed by atoms with Crippen LogP contribution in [0, 0.1) is 0 Å². The van der Waals surface area contributed by atoms with Crippen LogP contribution in [0.1, 0.15) is 32.6 Å². The van der Waals surface area contributed by atoms with Gasteiger partial charge >= 0.3 is 0 Å². The van der Waals surface area contributed by atoms with Crippen LogP contribution in [-0.2, 0) is 4.79 Å². The zero-order chi connectivity index (χ0) is 12.0. The average Bonchev–Trinajstić information content (AvgIpc) is 2.37. The molecule has 0 aromatic carbocycles. The molecular formula is C11H22N2O3. The van der Waals surface area contributed by atoms with Crippen molar-refractivity contribution in [3.05, 3.63) is 0 Å². The predicted octanol–water partition coefficient (Wildman–Crippen LogP) is -0.622. The first-order valence-electron chi connectivity index (χ1n) is 5.94. The standard InChI is InChI=1S/C11H22N2O3/c1-2-11(7-14,8-15)13-10(16)9-5-3-4-6-12-9/h9,12,14-15H,2-8H2,1H3,(H,13,16)/t9-/m0/s1. The lowest BCUT2D eigenvalue weighted by molar-refractivity contribution is -0.127. The van der Waals surface area contributed by atoms with E-state index >= 15 is 0 Å². The highest BCUT2D eigenvalue weighted by Crippen LogP contribution is 2.12. The first kappa shape index (κ1) is 13.4. The molecule has 1 aliphatic heterocycles. The van der Waals surface area contributed by atoms with E-state index < -0.39 is 5.54 Å². The summed E-state index contributed by atoms with van der Waals surface area (Å²) in [6, 6.07) is -0.183. The second kappa shape index (κ2) is 6.18. The van der Waals surface area contributed by atoms with Crippen molar-refractivity contribution in [1.29, 1.82) is 0 Å². The highest BCUT2D eigenvalue weighted by Gasteiger charge is 2.31. The fourth-order valence-corrected chi connectivity index (χ4v) is 1.87. The SMILES string of the molecule is CCC(CO)(CO)NC(=O)[C@@H]1CCCCN1. The number of piperidine rings is 1. The van der Waals surface area contributed by atoms with Gasteiger partial charge in [-0.3, -0.25) is 4.79 Å². The van der Waals surface area contributed by atoms with Crippen LogP contribution in [0.5, 0.6) is 0 Å². The largest absolute Gasteiger partial charge is 0.394 e. The summed E-state index contributed by atoms with van der Waals surface area (Å²) in [5, 5.41) is 24.3. The Kier molecular flexibility index (Phi) is 5.18. The molecule has 1 rings (SSSR count). The molecule has 1 aliphatic rings. The van der Waals surface area contributed by atoms with Gasteiger partial charge in [-0.25, -0.2) is 0 Å². The lowest BCUT2D eigenvalue weighted by Crippen LogP contribution is -2.59. The van der Waals surface area contributed by atoms with Crippen LogP contribution < -0.4 is 10.6 Å². The minimum absolute atomic E-state index is 0.121. The van der Waals surface area contributed by atoms with Crippen molar-refractivity contribution < 1.29 is 15.0 Å². The molecule has 0 radical (unpaired) electrons. The third-order valence-corrected chi connectivity index (χ3v) is 3.30. The lowest BCUT2D eigenvalue weighted by Gasteiger charge is -2.32. The van der Waals surface area contributed by atoms with Crippen LogP contribution in [0.3, 0.4) is 0 Å². The molecule has 0 saturated carbocycles. The molecule has 5 nitrogen and oxygen atoms in total. The van der Waals surface area contributed by atoms with Crippen molar-refractivity contribution >= 4 is 5.91 Å². The van der Waals surface area contributed by atoms with Crippen molar-refractivity contribution in [2.45, 2.75) is 44.2 Å². The molecule has 4 N–H and O–H groups in total. The van der Waals surface area contributed by atoms with Crippen molar-refractivity contribution in [2.24, 2.45) is 0 Å². The van der Waals surface area contributed by atoms with Gasteiger partial charge in [0.15, 0.2) is 0 Å². The molecule has 94 valence electrons. The quantitative estimate of drug-likeness (QED) is 0.507. The maximum atomic E-state index is 11.9. The molecule has 1 heterocycles. The maximum Gasteiger partial charge on any atom is 0.237 e. The van der Waals surface area contributed by atoms with Gasteiger partial charge in [0.05, 0.1) is 24.8 Å². The minimum atomic E-state index is -0.879. The lowest BCUT2D eigenvalue weighted by atomic mass is 9.96. The Morgan fingerprint density at radius 2 is 2.12 bits per heavy atom. The Balaban J connectivity index is 2.53. The second-order valence-corrected chi connectivity index (χ2v) is 4.44. The summed E-state index contributed by atoms with van der Waals surface area (Å²) in [7, 11) is 0. The van der Waals surface area contributed by atoms with Gasteiger partial charge in [0, 0.05) is 0 Å². The third kappa shape index (κ3) is 3.17. The fourth-order valence-electron chi connectivity index (χ4n) is 1.87. The monoisotopic (exact) mass is 230 g/mol. The van der Waals surface area contributed by atoms with Crippen molar-refractivity contribution in [3.8, 4) is 0 Å². The minimum Gasteiger partial charge on any atom is -0.394 e. The van der Waals surface area contributed by atoms with Gasteiger partial charge in [-0.05, 0) is 25.8 Å². The zero-order valence-electron chi connectivity index (χ0n) is 9.83. The molecule has 1 fully saturated rings. The van der Waals surface area contributed by atoms with Gasteiger partial charge < -0.3 is 20.8 Å². The molecule has 0 aromatic heterocycles. The third-order valence-electron chi connectivity index (χ3n) is 3.30. The molecular weight excluding hydrogens is 208 g/mol. The number of carbonyl (C=O) groups is 1. The molecule has 16 heavy (non-hydrogen) atoms. The summed E-state index contributed by atoms with van der Waals surface area (Å²) in [4.78, 5) is 11.9. The molecule has 1 atom stereocenters. The molecule has 0 spiro atoms. The number of hydrogen-bond acceptors (Lipinski definition) is 4. The smallest absolute Gasteiger partial charge is 0.237 e. The van der Waals surface area contributed by atoms with E-state index in [1.165, 1.54) is 0 Å². The van der Waals surface area contributed by atoms with Crippen LogP contribution in [0.2, 0.25) is 0 Å². The highest BCUT2D eigenvalue weighted by molar-refractivity contribution is 5.82. The predicted molar refractivity (Wildman–Crippen MR) is 61.0 cm³/mol. The van der Waals surface area contributed by atoms with Gasteiger partial charge in [-0.15, -0.1) is 0 Å². The topological polar surface area (TPSA) is 81.6 Å². The van der Waals surface area contributed by atoms with Crippen LogP contribution in [-0.4, -0.2) is 47.5 Å². The van der Waals surface area contributed by atoms with Crippen molar-refractivity contribution in [1.82, 2.24) is 10.6 Å². The molecule has 0 unspecified atom stereocenters. The van der Waals surface area contributed by atoms with E-state index in [4.69, 9.17) is 0 Å². The first-order valence-corrected chi connectivity index (χ1v) is 5.94. The maximum absolute atomic E-state index is 11.9. The number of nitrogens with one attached hydrogen (secondary N) is 2. The Morgan fingerprint density at radius 1 is 1.44 bits per heavy atom. The zero-order valence-corrected chi connectivity index (χ0v) is 9.83. The summed E-state index contributed by atoms with van der Waals surface area (Å²) in [6.45, 7) is 2.22. The Labute approximate surface area is 96.2 Å². The summed E-state index contributed by atoms with van der Waals surface area (Å²) >= 11 is 0. The number of aliphatic hydroxyl groups excluding tert-OH is 2. The molecule has 1 amide bonds. The first-order chi connectivity index (χ1) is 7.67. The van der Waals surface area contributed by atoms with Crippen LogP contribution >= 0.6 is 0 Å². The molecule has 0 aliphatic carbocycles.